The summed E-state index contributed by atoms with van der Waals surface area (Å²) in [5.74, 6) is 0.194. The largest absolute Gasteiger partial charge is 0.299 e. The molecule has 12 heavy (non-hydrogen) atoms. The summed E-state index contributed by atoms with van der Waals surface area (Å²) in [6.45, 7) is 5.84. The standard InChI is InChI=1S/C8H16Br2OS/c1-6(11)7(9)8(2,3)12(4,5)10/h7H,1-5H3. The summed E-state index contributed by atoms with van der Waals surface area (Å²) in [6.07, 6.45) is 4.31. The van der Waals surface area contributed by atoms with Crippen LogP contribution in [0.5, 0.6) is 0 Å². The van der Waals surface area contributed by atoms with Gasteiger partial charge in [0.2, 0.25) is 0 Å². The van der Waals surface area contributed by atoms with E-state index in [1.807, 2.05) is 0 Å². The molecule has 0 radical (unpaired) electrons. The van der Waals surface area contributed by atoms with Gasteiger partial charge < -0.3 is 0 Å². The Labute approximate surface area is 92.3 Å². The maximum Gasteiger partial charge on any atom is 0.144 e. The summed E-state index contributed by atoms with van der Waals surface area (Å²) in [5, 5.41) is 0. The number of alkyl halides is 1. The molecule has 0 saturated heterocycles. The van der Waals surface area contributed by atoms with Gasteiger partial charge in [0.15, 0.2) is 0 Å². The van der Waals surface area contributed by atoms with Gasteiger partial charge in [0.1, 0.15) is 5.78 Å². The van der Waals surface area contributed by atoms with Crippen molar-refractivity contribution in [2.45, 2.75) is 30.3 Å². The van der Waals surface area contributed by atoms with Gasteiger partial charge in [-0.05, 0) is 48.1 Å². The molecule has 4 heteroatoms. The van der Waals surface area contributed by atoms with Crippen LogP contribution in [-0.4, -0.2) is 27.9 Å². The second-order valence-electron chi connectivity index (χ2n) is 3.78. The van der Waals surface area contributed by atoms with Crippen LogP contribution in [0.2, 0.25) is 0 Å². The topological polar surface area (TPSA) is 17.1 Å². The summed E-state index contributed by atoms with van der Waals surface area (Å²) in [5.41, 5.74) is 0. The molecule has 0 aliphatic carbocycles. The van der Waals surface area contributed by atoms with Crippen molar-refractivity contribution in [3.05, 3.63) is 0 Å². The summed E-state index contributed by atoms with van der Waals surface area (Å²) < 4.78 is -0.0150. The van der Waals surface area contributed by atoms with Gasteiger partial charge >= 0.3 is 0 Å². The van der Waals surface area contributed by atoms with Gasteiger partial charge in [-0.15, -0.1) is 0 Å². The molecule has 0 aromatic carbocycles. The lowest BCUT2D eigenvalue weighted by molar-refractivity contribution is -0.116. The first-order valence-corrected chi connectivity index (χ1v) is 8.88. The van der Waals surface area contributed by atoms with E-state index in [0.29, 0.717) is 0 Å². The fraction of sp³-hybridized carbons (Fsp3) is 0.875. The highest BCUT2D eigenvalue weighted by atomic mass is 79.9. The number of ketones is 1. The van der Waals surface area contributed by atoms with Crippen LogP contribution in [0.4, 0.5) is 0 Å². The summed E-state index contributed by atoms with van der Waals surface area (Å²) >= 11 is 7.11. The Balaban J connectivity index is 4.73. The number of halogens is 2. The van der Waals surface area contributed by atoms with Gasteiger partial charge in [-0.25, -0.2) is 0 Å². The predicted molar refractivity (Wildman–Crippen MR) is 65.8 cm³/mol. The van der Waals surface area contributed by atoms with Gasteiger partial charge in [0, 0.05) is 4.75 Å². The van der Waals surface area contributed by atoms with Crippen LogP contribution >= 0.6 is 39.2 Å². The third-order valence-corrected chi connectivity index (χ3v) is 9.55. The molecule has 0 bridgehead atoms. The smallest absolute Gasteiger partial charge is 0.144 e. The van der Waals surface area contributed by atoms with Crippen LogP contribution in [0.25, 0.3) is 0 Å². The van der Waals surface area contributed by atoms with E-state index in [-0.39, 0.29) is 15.4 Å². The molecule has 0 spiro atoms. The third kappa shape index (κ3) is 2.74. The van der Waals surface area contributed by atoms with Crippen molar-refractivity contribution >= 4 is 45.0 Å². The quantitative estimate of drug-likeness (QED) is 0.728. The third-order valence-electron chi connectivity index (χ3n) is 2.22. The molecular formula is C8H16Br2OS. The highest BCUT2D eigenvalue weighted by Gasteiger charge is 2.39. The van der Waals surface area contributed by atoms with E-state index in [2.05, 4.69) is 57.1 Å². The lowest BCUT2D eigenvalue weighted by Crippen LogP contribution is -2.38. The van der Waals surface area contributed by atoms with E-state index in [0.717, 1.165) is 0 Å². The molecule has 0 rings (SSSR count). The number of Topliss-reactive ketones (excluding diaryl/α,β-unsaturated/α-hetero) is 1. The lowest BCUT2D eigenvalue weighted by Gasteiger charge is -2.44. The summed E-state index contributed by atoms with van der Waals surface area (Å²) in [7, 11) is -0.902. The van der Waals surface area contributed by atoms with Gasteiger partial charge in [-0.2, -0.15) is 8.46 Å². The number of carbonyl (C=O) groups excluding carboxylic acids is 1. The number of hydrogen-bond donors (Lipinski definition) is 0. The molecular weight excluding hydrogens is 304 g/mol. The Morgan fingerprint density at radius 3 is 1.83 bits per heavy atom. The highest BCUT2D eigenvalue weighted by molar-refractivity contribution is 9.58. The van der Waals surface area contributed by atoms with Crippen molar-refractivity contribution in [1.29, 1.82) is 0 Å². The van der Waals surface area contributed by atoms with E-state index >= 15 is 0 Å². The zero-order chi connectivity index (χ0) is 10.2. The average Bonchev–Trinajstić information content (AvgIpc) is 1.83. The highest BCUT2D eigenvalue weighted by Crippen LogP contribution is 2.62. The molecule has 0 aliphatic rings. The van der Waals surface area contributed by atoms with E-state index in [1.54, 1.807) is 6.92 Å². The molecule has 0 aromatic heterocycles. The Hall–Kier alpha value is 0.980. The number of rotatable bonds is 3. The molecule has 74 valence electrons. The molecule has 0 fully saturated rings. The minimum atomic E-state index is -0.902. The first-order valence-electron chi connectivity index (χ1n) is 3.67. The molecule has 0 amide bonds. The molecule has 1 nitrogen and oxygen atoms in total. The monoisotopic (exact) mass is 318 g/mol. The zero-order valence-corrected chi connectivity index (χ0v) is 12.1. The second-order valence-corrected chi connectivity index (χ2v) is 13.0. The summed E-state index contributed by atoms with van der Waals surface area (Å²) in [4.78, 5) is 11.1. The fourth-order valence-electron chi connectivity index (χ4n) is 0.736. The zero-order valence-electron chi connectivity index (χ0n) is 8.15. The molecule has 0 aliphatic heterocycles. The molecule has 0 aromatic rings. The Bertz CT molecular complexity index is 184. The minimum Gasteiger partial charge on any atom is -0.299 e. The van der Waals surface area contributed by atoms with Crippen LogP contribution in [0.1, 0.15) is 20.8 Å². The molecule has 0 saturated carbocycles. The van der Waals surface area contributed by atoms with Crippen molar-refractivity contribution in [3.63, 3.8) is 0 Å². The number of hydrogen-bond acceptors (Lipinski definition) is 1. The van der Waals surface area contributed by atoms with Crippen LogP contribution in [0, 0.1) is 0 Å². The van der Waals surface area contributed by atoms with Gasteiger partial charge in [0.05, 0.1) is 4.83 Å². The van der Waals surface area contributed by atoms with Crippen LogP contribution in [-0.2, 0) is 4.79 Å². The molecule has 1 atom stereocenters. The predicted octanol–water partition coefficient (Wildman–Crippen LogP) is 3.49. The SMILES string of the molecule is CC(=O)C(Br)C(C)(C)S(C)(C)Br. The van der Waals surface area contributed by atoms with Crippen molar-refractivity contribution in [3.8, 4) is 0 Å². The second kappa shape index (κ2) is 4.01. The van der Waals surface area contributed by atoms with Crippen molar-refractivity contribution in [2.24, 2.45) is 0 Å². The van der Waals surface area contributed by atoms with E-state index in [1.165, 1.54) is 0 Å². The minimum absolute atomic E-state index is 0.0150. The van der Waals surface area contributed by atoms with Gasteiger partial charge in [-0.1, -0.05) is 15.9 Å². The maximum absolute atomic E-state index is 11.2. The Morgan fingerprint density at radius 1 is 1.42 bits per heavy atom. The van der Waals surface area contributed by atoms with Gasteiger partial charge in [-0.3, -0.25) is 4.79 Å². The Morgan fingerprint density at radius 2 is 1.75 bits per heavy atom. The maximum atomic E-state index is 11.2. The molecule has 0 heterocycles. The summed E-state index contributed by atoms with van der Waals surface area (Å²) in [6, 6.07) is 0. The molecule has 0 N–H and O–H groups in total. The normalized spacial score (nSPS) is 17.2. The van der Waals surface area contributed by atoms with Crippen molar-refractivity contribution in [2.75, 3.05) is 12.5 Å². The van der Waals surface area contributed by atoms with Crippen LogP contribution in [0.15, 0.2) is 0 Å². The van der Waals surface area contributed by atoms with Crippen molar-refractivity contribution < 1.29 is 4.79 Å². The van der Waals surface area contributed by atoms with Crippen LogP contribution in [0.3, 0.4) is 0 Å². The lowest BCUT2D eigenvalue weighted by atomic mass is 10.1. The first-order chi connectivity index (χ1) is 5.10. The molecule has 1 unspecified atom stereocenters. The Kier molecular flexibility index (Phi) is 4.34. The number of carbonyl (C=O) groups is 1. The van der Waals surface area contributed by atoms with Crippen molar-refractivity contribution in [1.82, 2.24) is 0 Å². The van der Waals surface area contributed by atoms with Gasteiger partial charge in [0.25, 0.3) is 0 Å². The van der Waals surface area contributed by atoms with E-state index in [4.69, 9.17) is 0 Å². The fourth-order valence-corrected chi connectivity index (χ4v) is 4.11. The first kappa shape index (κ1) is 13.0. The van der Waals surface area contributed by atoms with E-state index < -0.39 is 8.46 Å². The van der Waals surface area contributed by atoms with E-state index in [9.17, 15) is 4.79 Å². The van der Waals surface area contributed by atoms with Crippen LogP contribution < -0.4 is 0 Å². The average molecular weight is 320 g/mol.